The zero-order chi connectivity index (χ0) is 29.3. The monoisotopic (exact) mass is 587 g/mol. The number of rotatable bonds is 15. The first-order chi connectivity index (χ1) is 20.0. The molecule has 1 heterocycles. The molecule has 0 aliphatic carbocycles. The van der Waals surface area contributed by atoms with Crippen molar-refractivity contribution in [2.45, 2.75) is 6.54 Å². The normalized spacial score (nSPS) is 11.8. The summed E-state index contributed by atoms with van der Waals surface area (Å²) >= 11 is 0. The van der Waals surface area contributed by atoms with Crippen LogP contribution in [0.4, 0.5) is 0 Å². The van der Waals surface area contributed by atoms with Crippen LogP contribution in [0.2, 0.25) is 0 Å². The number of benzene rings is 2. The molecule has 3 rings (SSSR count). The highest BCUT2D eigenvalue weighted by Gasteiger charge is 2.03. The third-order valence-electron chi connectivity index (χ3n) is 5.72. The minimum Gasteiger partial charge on any atom is -0.508 e. The molecule has 1 aromatic heterocycles. The van der Waals surface area contributed by atoms with E-state index in [2.05, 4.69) is 46.4 Å². The molecular formula is C33H35N2O4S2+. The Bertz CT molecular complexity index is 1440. The summed E-state index contributed by atoms with van der Waals surface area (Å²) in [6, 6.07) is 14.2. The Balaban J connectivity index is 1.37. The van der Waals surface area contributed by atoms with Crippen LogP contribution in [0.15, 0.2) is 102 Å². The Morgan fingerprint density at radius 2 is 1.54 bits per heavy atom. The van der Waals surface area contributed by atoms with Gasteiger partial charge in [0.2, 0.25) is 0 Å². The van der Waals surface area contributed by atoms with Crippen molar-refractivity contribution in [3.05, 3.63) is 114 Å². The number of aromatic hydroxyl groups is 2. The number of ether oxygens (including phenoxy) is 2. The zero-order valence-corrected chi connectivity index (χ0v) is 24.9. The third-order valence-corrected chi connectivity index (χ3v) is 8.09. The molecule has 0 unspecified atom stereocenters. The van der Waals surface area contributed by atoms with Gasteiger partial charge in [-0.25, -0.2) is 4.57 Å². The van der Waals surface area contributed by atoms with Gasteiger partial charge in [-0.15, -0.1) is 5.73 Å². The molecule has 0 saturated heterocycles. The lowest BCUT2D eigenvalue weighted by Crippen LogP contribution is -2.33. The van der Waals surface area contributed by atoms with Gasteiger partial charge in [-0.2, -0.15) is 0 Å². The van der Waals surface area contributed by atoms with Crippen molar-refractivity contribution in [3.63, 3.8) is 0 Å². The van der Waals surface area contributed by atoms with Gasteiger partial charge in [0.15, 0.2) is 18.9 Å². The Kier molecular flexibility index (Phi) is 13.5. The fourth-order valence-electron chi connectivity index (χ4n) is 3.61. The second kappa shape index (κ2) is 17.6. The molecule has 0 fully saturated rings. The molecular weight excluding hydrogens is 553 g/mol. The minimum absolute atomic E-state index is 0.162. The van der Waals surface area contributed by atoms with Gasteiger partial charge in [0, 0.05) is 53.9 Å². The maximum absolute atomic E-state index is 9.62. The Morgan fingerprint density at radius 1 is 0.902 bits per heavy atom. The molecule has 0 radical (unpaired) electrons. The molecule has 0 saturated carbocycles. The molecule has 212 valence electrons. The average molecular weight is 588 g/mol. The summed E-state index contributed by atoms with van der Waals surface area (Å²) < 4.78 is 12.8. The number of phenolic OH excluding ortho intramolecular Hbond substituents is 2. The molecule has 6 nitrogen and oxygen atoms in total. The van der Waals surface area contributed by atoms with Crippen molar-refractivity contribution < 1.29 is 24.3 Å². The van der Waals surface area contributed by atoms with Crippen LogP contribution in [0, 0.1) is 0 Å². The molecule has 2 N–H and O–H groups in total. The lowest BCUT2D eigenvalue weighted by Gasteiger charge is -2.05. The van der Waals surface area contributed by atoms with Gasteiger partial charge in [0.1, 0.15) is 23.0 Å². The highest BCUT2D eigenvalue weighted by atomic mass is 33.1. The number of allylic oxidation sites excluding steroid dienone is 4. The number of nitrogens with zero attached hydrogens (tertiary/aromatic N) is 2. The van der Waals surface area contributed by atoms with E-state index in [0.29, 0.717) is 11.5 Å². The first-order valence-corrected chi connectivity index (χ1v) is 15.4. The van der Waals surface area contributed by atoms with E-state index in [1.807, 2.05) is 58.0 Å². The summed E-state index contributed by atoms with van der Waals surface area (Å²) in [6.45, 7) is 5.32. The third kappa shape index (κ3) is 11.1. The highest BCUT2D eigenvalue weighted by Crippen LogP contribution is 2.26. The quantitative estimate of drug-likeness (QED) is 0.0498. The number of aromatic nitrogens is 1. The van der Waals surface area contributed by atoms with Crippen LogP contribution in [0.5, 0.6) is 23.0 Å². The molecule has 0 amide bonds. The lowest BCUT2D eigenvalue weighted by atomic mass is 10.1. The van der Waals surface area contributed by atoms with E-state index in [0.717, 1.165) is 46.9 Å². The van der Waals surface area contributed by atoms with E-state index >= 15 is 0 Å². The summed E-state index contributed by atoms with van der Waals surface area (Å²) in [4.78, 5) is 4.49. The molecule has 0 aliphatic heterocycles. The predicted molar refractivity (Wildman–Crippen MR) is 174 cm³/mol. The maximum Gasteiger partial charge on any atom is 0.169 e. The zero-order valence-electron chi connectivity index (χ0n) is 23.3. The van der Waals surface area contributed by atoms with Crippen molar-refractivity contribution in [3.8, 4) is 23.0 Å². The van der Waals surface area contributed by atoms with Crippen LogP contribution in [0.1, 0.15) is 16.7 Å². The Morgan fingerprint density at radius 3 is 2.17 bits per heavy atom. The number of hydrogen-bond acceptors (Lipinski definition) is 7. The molecule has 0 atom stereocenters. The van der Waals surface area contributed by atoms with Gasteiger partial charge < -0.3 is 19.7 Å². The fourth-order valence-corrected chi connectivity index (χ4v) is 5.46. The van der Waals surface area contributed by atoms with Crippen molar-refractivity contribution in [2.24, 2.45) is 4.99 Å². The van der Waals surface area contributed by atoms with Crippen LogP contribution in [0.25, 0.3) is 18.2 Å². The van der Waals surface area contributed by atoms with Crippen LogP contribution in [-0.4, -0.2) is 48.7 Å². The number of phenols is 2. The molecule has 0 spiro atoms. The largest absolute Gasteiger partial charge is 0.508 e. The van der Waals surface area contributed by atoms with Gasteiger partial charge in [0.25, 0.3) is 0 Å². The highest BCUT2D eigenvalue weighted by molar-refractivity contribution is 8.76. The van der Waals surface area contributed by atoms with Gasteiger partial charge >= 0.3 is 0 Å². The average Bonchev–Trinajstić information content (AvgIpc) is 2.99. The topological polar surface area (TPSA) is 75.2 Å². The van der Waals surface area contributed by atoms with Crippen molar-refractivity contribution in [2.75, 3.05) is 32.3 Å². The van der Waals surface area contributed by atoms with Crippen molar-refractivity contribution >= 4 is 46.0 Å². The van der Waals surface area contributed by atoms with E-state index in [9.17, 15) is 10.2 Å². The first-order valence-electron chi connectivity index (χ1n) is 12.9. The predicted octanol–water partition coefficient (Wildman–Crippen LogP) is 7.01. The molecule has 3 aromatic rings. The molecule has 2 aromatic carbocycles. The van der Waals surface area contributed by atoms with Crippen LogP contribution < -0.4 is 14.0 Å². The van der Waals surface area contributed by atoms with E-state index in [-0.39, 0.29) is 11.5 Å². The summed E-state index contributed by atoms with van der Waals surface area (Å²) in [5.74, 6) is 3.51. The van der Waals surface area contributed by atoms with E-state index < -0.39 is 0 Å². The van der Waals surface area contributed by atoms with E-state index in [1.165, 1.54) is 0 Å². The first kappa shape index (κ1) is 31.4. The minimum atomic E-state index is 0.162. The second-order valence-corrected chi connectivity index (χ2v) is 11.3. The van der Waals surface area contributed by atoms with Crippen LogP contribution in [-0.2, 0) is 6.54 Å². The molecule has 41 heavy (non-hydrogen) atoms. The second-order valence-electron chi connectivity index (χ2n) is 8.60. The number of hydrogen-bond donors (Lipinski definition) is 2. The Hall–Kier alpha value is -4.10. The number of aliphatic imine (C=N–C) groups is 1. The standard InChI is InChI=1S/C33H34N2O4S2/c1-4-5-26(6-8-28-10-12-30(36)24-32(28)38-2)14-17-34-18-22-40-41-23-21-35-19-15-27(16-20-35)7-9-29-11-13-31(37)25-33(29)39-3/h5-17,19-20,24-25H,1,18,21-23H2,2-3H3,(H,34,36)/p+1. The van der Waals surface area contributed by atoms with Gasteiger partial charge in [-0.1, -0.05) is 52.5 Å². The maximum atomic E-state index is 9.62. The summed E-state index contributed by atoms with van der Waals surface area (Å²) in [5.41, 5.74) is 6.56. The lowest BCUT2D eigenvalue weighted by molar-refractivity contribution is -0.692. The summed E-state index contributed by atoms with van der Waals surface area (Å²) in [6.07, 6.45) is 17.5. The molecule has 0 bridgehead atoms. The number of methoxy groups -OCH3 is 2. The van der Waals surface area contributed by atoms with Gasteiger partial charge in [-0.05, 0) is 47.6 Å². The summed E-state index contributed by atoms with van der Waals surface area (Å²) in [7, 11) is 6.83. The van der Waals surface area contributed by atoms with Crippen LogP contribution in [0.3, 0.4) is 0 Å². The molecule has 8 heteroatoms. The van der Waals surface area contributed by atoms with E-state index in [1.54, 1.807) is 56.8 Å². The number of pyridine rings is 1. The summed E-state index contributed by atoms with van der Waals surface area (Å²) in [5, 5.41) is 19.2. The van der Waals surface area contributed by atoms with Gasteiger partial charge in [0.05, 0.1) is 20.0 Å². The number of aryl methyl sites for hydroxylation is 1. The van der Waals surface area contributed by atoms with E-state index in [4.69, 9.17) is 9.47 Å². The van der Waals surface area contributed by atoms with Crippen molar-refractivity contribution in [1.82, 2.24) is 0 Å². The SMILES string of the molecule is C=C=CC(=C\C=NCCSSCC[n+]1ccc(/C=C/c2ccc(O)cc2OC)cc1)/C=C/c1ccc(O)cc1OC. The van der Waals surface area contributed by atoms with Gasteiger partial charge in [-0.3, -0.25) is 4.99 Å². The van der Waals surface area contributed by atoms with Crippen LogP contribution >= 0.6 is 21.6 Å². The molecule has 0 aliphatic rings. The Labute approximate surface area is 250 Å². The fraction of sp³-hybridized carbons (Fsp3) is 0.182. The smallest absolute Gasteiger partial charge is 0.169 e. The van der Waals surface area contributed by atoms with Crippen molar-refractivity contribution in [1.29, 1.82) is 0 Å².